The molecule has 0 spiro atoms. The Hall–Kier alpha value is -3.03. The van der Waals surface area contributed by atoms with Crippen molar-refractivity contribution >= 4 is 17.1 Å². The summed E-state index contributed by atoms with van der Waals surface area (Å²) in [5.74, 6) is 0.828. The number of amides is 1. The number of H-pyrrole nitrogens is 1. The van der Waals surface area contributed by atoms with E-state index in [0.29, 0.717) is 31.0 Å². The van der Waals surface area contributed by atoms with Crippen molar-refractivity contribution in [3.05, 3.63) is 52.1 Å². The summed E-state index contributed by atoms with van der Waals surface area (Å²) in [5.41, 5.74) is 1.52. The van der Waals surface area contributed by atoms with Crippen LogP contribution in [0.1, 0.15) is 56.3 Å². The van der Waals surface area contributed by atoms with E-state index < -0.39 is 0 Å². The molecule has 0 bridgehead atoms. The van der Waals surface area contributed by atoms with E-state index in [2.05, 4.69) is 22.2 Å². The van der Waals surface area contributed by atoms with Crippen molar-refractivity contribution in [2.75, 3.05) is 13.1 Å². The van der Waals surface area contributed by atoms with Gasteiger partial charge in [-0.1, -0.05) is 48.9 Å². The van der Waals surface area contributed by atoms with Crippen LogP contribution in [0.15, 0.2) is 35.1 Å². The van der Waals surface area contributed by atoms with Gasteiger partial charge in [-0.05, 0) is 24.8 Å². The van der Waals surface area contributed by atoms with Gasteiger partial charge in [0, 0.05) is 25.4 Å². The average molecular weight is 394 g/mol. The SMILES string of the molecule is CCCCC(=O)N1CCC[C@H](c2nc3c(nnn3Cc3ccccc3)c(=O)[nH]2)C1. The van der Waals surface area contributed by atoms with Gasteiger partial charge in [0.15, 0.2) is 11.2 Å². The van der Waals surface area contributed by atoms with Crippen molar-refractivity contribution in [1.29, 1.82) is 0 Å². The van der Waals surface area contributed by atoms with Crippen LogP contribution >= 0.6 is 0 Å². The van der Waals surface area contributed by atoms with E-state index in [1.807, 2.05) is 35.2 Å². The molecule has 1 aliphatic heterocycles. The highest BCUT2D eigenvalue weighted by atomic mass is 16.2. The Bertz CT molecular complexity index is 1040. The summed E-state index contributed by atoms with van der Waals surface area (Å²) in [6.07, 6.45) is 4.30. The van der Waals surface area contributed by atoms with Crippen molar-refractivity contribution in [1.82, 2.24) is 29.9 Å². The van der Waals surface area contributed by atoms with Gasteiger partial charge in [-0.15, -0.1) is 5.10 Å². The first-order chi connectivity index (χ1) is 14.2. The van der Waals surface area contributed by atoms with Crippen LogP contribution in [0.3, 0.4) is 0 Å². The molecule has 1 amide bonds. The minimum atomic E-state index is -0.279. The molecule has 0 unspecified atom stereocenters. The summed E-state index contributed by atoms with van der Waals surface area (Å²) in [5, 5.41) is 8.15. The van der Waals surface area contributed by atoms with E-state index >= 15 is 0 Å². The number of carbonyl (C=O) groups excluding carboxylic acids is 1. The second-order valence-electron chi connectivity index (χ2n) is 7.64. The molecule has 1 atom stereocenters. The van der Waals surface area contributed by atoms with E-state index in [0.717, 1.165) is 37.8 Å². The summed E-state index contributed by atoms with van der Waals surface area (Å²) in [6, 6.07) is 9.89. The van der Waals surface area contributed by atoms with Gasteiger partial charge in [0.1, 0.15) is 5.82 Å². The molecule has 1 aromatic carbocycles. The number of carbonyl (C=O) groups is 1. The zero-order chi connectivity index (χ0) is 20.2. The molecule has 0 aliphatic carbocycles. The summed E-state index contributed by atoms with van der Waals surface area (Å²) >= 11 is 0. The molecule has 2 aromatic heterocycles. The van der Waals surface area contributed by atoms with Crippen LogP contribution in [0.25, 0.3) is 11.2 Å². The van der Waals surface area contributed by atoms with Gasteiger partial charge in [0.2, 0.25) is 5.91 Å². The second kappa shape index (κ2) is 8.55. The van der Waals surface area contributed by atoms with Gasteiger partial charge < -0.3 is 9.88 Å². The molecule has 1 aliphatic rings. The highest BCUT2D eigenvalue weighted by Crippen LogP contribution is 2.25. The Labute approximate surface area is 168 Å². The number of piperidine rings is 1. The number of hydrogen-bond acceptors (Lipinski definition) is 5. The maximum Gasteiger partial charge on any atom is 0.281 e. The fourth-order valence-corrected chi connectivity index (χ4v) is 3.85. The van der Waals surface area contributed by atoms with Gasteiger partial charge >= 0.3 is 0 Å². The lowest BCUT2D eigenvalue weighted by atomic mass is 9.96. The van der Waals surface area contributed by atoms with Crippen LogP contribution in [-0.4, -0.2) is 48.9 Å². The maximum atomic E-state index is 12.6. The third-order valence-corrected chi connectivity index (χ3v) is 5.47. The number of nitrogens with zero attached hydrogens (tertiary/aromatic N) is 5. The number of likely N-dealkylation sites (tertiary alicyclic amines) is 1. The van der Waals surface area contributed by atoms with Crippen molar-refractivity contribution in [2.24, 2.45) is 0 Å². The summed E-state index contributed by atoms with van der Waals surface area (Å²) < 4.78 is 1.66. The molecule has 4 rings (SSSR count). The molecule has 152 valence electrons. The second-order valence-corrected chi connectivity index (χ2v) is 7.64. The summed E-state index contributed by atoms with van der Waals surface area (Å²) in [4.78, 5) is 34.5. The normalized spacial score (nSPS) is 17.0. The number of nitrogens with one attached hydrogen (secondary N) is 1. The number of hydrogen-bond donors (Lipinski definition) is 1. The molecule has 3 heterocycles. The number of aromatic nitrogens is 5. The summed E-state index contributed by atoms with van der Waals surface area (Å²) in [7, 11) is 0. The topological polar surface area (TPSA) is 96.8 Å². The maximum absolute atomic E-state index is 12.6. The van der Waals surface area contributed by atoms with Crippen molar-refractivity contribution in [2.45, 2.75) is 51.5 Å². The van der Waals surface area contributed by atoms with Gasteiger partial charge in [-0.2, -0.15) is 0 Å². The quantitative estimate of drug-likeness (QED) is 0.693. The van der Waals surface area contributed by atoms with E-state index in [9.17, 15) is 9.59 Å². The van der Waals surface area contributed by atoms with Crippen LogP contribution in [0.2, 0.25) is 0 Å². The Balaban J connectivity index is 1.60. The van der Waals surface area contributed by atoms with Crippen LogP contribution in [0.4, 0.5) is 0 Å². The standard InChI is InChI=1S/C21H26N6O2/c1-2-3-11-17(28)26-12-7-10-16(14-26)19-22-20-18(21(29)23-19)24-25-27(20)13-15-8-5-4-6-9-15/h4-6,8-9,16H,2-3,7,10-14H2,1H3,(H,22,23,29)/t16-/m0/s1. The largest absolute Gasteiger partial charge is 0.342 e. The summed E-state index contributed by atoms with van der Waals surface area (Å²) in [6.45, 7) is 3.96. The zero-order valence-corrected chi connectivity index (χ0v) is 16.7. The van der Waals surface area contributed by atoms with Crippen LogP contribution in [0.5, 0.6) is 0 Å². The molecule has 1 fully saturated rings. The average Bonchev–Trinajstić information content (AvgIpc) is 3.16. The molecule has 29 heavy (non-hydrogen) atoms. The number of aromatic amines is 1. The van der Waals surface area contributed by atoms with Crippen molar-refractivity contribution < 1.29 is 4.79 Å². The lowest BCUT2D eigenvalue weighted by Gasteiger charge is -2.32. The lowest BCUT2D eigenvalue weighted by Crippen LogP contribution is -2.39. The first-order valence-corrected chi connectivity index (χ1v) is 10.3. The predicted octanol–water partition coefficient (Wildman–Crippen LogP) is 2.46. The molecule has 0 radical (unpaired) electrons. The first-order valence-electron chi connectivity index (χ1n) is 10.3. The zero-order valence-electron chi connectivity index (χ0n) is 16.7. The van der Waals surface area contributed by atoms with Gasteiger partial charge in [0.25, 0.3) is 5.56 Å². The van der Waals surface area contributed by atoms with E-state index in [-0.39, 0.29) is 22.9 Å². The van der Waals surface area contributed by atoms with Crippen LogP contribution in [0, 0.1) is 0 Å². The van der Waals surface area contributed by atoms with Gasteiger partial charge in [0.05, 0.1) is 6.54 Å². The number of benzene rings is 1. The molecule has 1 N–H and O–H groups in total. The molecule has 3 aromatic rings. The molecule has 0 saturated carbocycles. The molecule has 1 saturated heterocycles. The minimum Gasteiger partial charge on any atom is -0.342 e. The van der Waals surface area contributed by atoms with Crippen molar-refractivity contribution in [3.8, 4) is 0 Å². The van der Waals surface area contributed by atoms with E-state index in [1.165, 1.54) is 0 Å². The Morgan fingerprint density at radius 1 is 1.28 bits per heavy atom. The predicted molar refractivity (Wildman–Crippen MR) is 110 cm³/mol. The lowest BCUT2D eigenvalue weighted by molar-refractivity contribution is -0.132. The monoisotopic (exact) mass is 394 g/mol. The third-order valence-electron chi connectivity index (χ3n) is 5.47. The van der Waals surface area contributed by atoms with E-state index in [4.69, 9.17) is 4.98 Å². The fraction of sp³-hybridized carbons (Fsp3) is 0.476. The fourth-order valence-electron chi connectivity index (χ4n) is 3.85. The Kier molecular flexibility index (Phi) is 5.69. The minimum absolute atomic E-state index is 0.0199. The third kappa shape index (κ3) is 4.21. The number of fused-ring (bicyclic) bond motifs is 1. The number of rotatable bonds is 6. The number of unbranched alkanes of at least 4 members (excludes halogenated alkanes) is 1. The van der Waals surface area contributed by atoms with Crippen LogP contribution < -0.4 is 5.56 Å². The Morgan fingerprint density at radius 3 is 2.90 bits per heavy atom. The molecular formula is C21H26N6O2. The molecular weight excluding hydrogens is 368 g/mol. The smallest absolute Gasteiger partial charge is 0.281 e. The van der Waals surface area contributed by atoms with Crippen molar-refractivity contribution in [3.63, 3.8) is 0 Å². The van der Waals surface area contributed by atoms with Crippen LogP contribution in [-0.2, 0) is 11.3 Å². The highest BCUT2D eigenvalue weighted by molar-refractivity contribution is 5.76. The Morgan fingerprint density at radius 2 is 2.10 bits per heavy atom. The molecule has 8 heteroatoms. The highest BCUT2D eigenvalue weighted by Gasteiger charge is 2.27. The van der Waals surface area contributed by atoms with Gasteiger partial charge in [-0.3, -0.25) is 9.59 Å². The van der Waals surface area contributed by atoms with Gasteiger partial charge in [-0.25, -0.2) is 9.67 Å². The first kappa shape index (κ1) is 19.3. The molecule has 8 nitrogen and oxygen atoms in total. The van der Waals surface area contributed by atoms with E-state index in [1.54, 1.807) is 4.68 Å².